The molecule has 19 heavy (non-hydrogen) atoms. The van der Waals surface area contributed by atoms with Crippen LogP contribution in [0.3, 0.4) is 0 Å². The normalized spacial score (nSPS) is 16.7. The third kappa shape index (κ3) is 2.79. The van der Waals surface area contributed by atoms with E-state index in [4.69, 9.17) is 0 Å². The number of aromatic nitrogens is 4. The number of carbonyl (C=O) groups excluding carboxylic acids is 1. The van der Waals surface area contributed by atoms with Crippen molar-refractivity contribution < 1.29 is 4.79 Å². The molecule has 1 amide bonds. The van der Waals surface area contributed by atoms with Gasteiger partial charge in [-0.25, -0.2) is 0 Å². The number of tetrazole rings is 1. The molecule has 7 nitrogen and oxygen atoms in total. The van der Waals surface area contributed by atoms with Crippen LogP contribution in [0.4, 0.5) is 0 Å². The Kier molecular flexibility index (Phi) is 3.51. The molecule has 0 unspecified atom stereocenters. The minimum absolute atomic E-state index is 0.145. The molecule has 0 radical (unpaired) electrons. The molecule has 0 aromatic carbocycles. The Morgan fingerprint density at radius 2 is 2.21 bits per heavy atom. The fraction of sp³-hybridized carbons (Fsp3) is 0.455. The number of piperazine rings is 1. The number of nitrogens with zero attached hydrogens (tertiary/aromatic N) is 5. The van der Waals surface area contributed by atoms with Gasteiger partial charge in [-0.3, -0.25) is 9.69 Å². The summed E-state index contributed by atoms with van der Waals surface area (Å²) >= 11 is 1.71. The van der Waals surface area contributed by atoms with Crippen molar-refractivity contribution in [3.05, 3.63) is 28.2 Å². The molecule has 1 N–H and O–H groups in total. The molecule has 8 heteroatoms. The predicted octanol–water partition coefficient (Wildman–Crippen LogP) is 0.219. The van der Waals surface area contributed by atoms with Gasteiger partial charge in [0.2, 0.25) is 0 Å². The van der Waals surface area contributed by atoms with Crippen LogP contribution in [0.5, 0.6) is 0 Å². The quantitative estimate of drug-likeness (QED) is 0.869. The van der Waals surface area contributed by atoms with Crippen molar-refractivity contribution >= 4 is 17.2 Å². The molecule has 0 bridgehead atoms. The summed E-state index contributed by atoms with van der Waals surface area (Å²) in [4.78, 5) is 16.1. The molecule has 3 rings (SSSR count). The van der Waals surface area contributed by atoms with Gasteiger partial charge in [-0.05, 0) is 27.6 Å². The van der Waals surface area contributed by atoms with Crippen LogP contribution >= 0.6 is 11.3 Å². The van der Waals surface area contributed by atoms with Crippen LogP contribution in [0.15, 0.2) is 16.8 Å². The Balaban J connectivity index is 1.53. The molecule has 0 aliphatic carbocycles. The van der Waals surface area contributed by atoms with Crippen molar-refractivity contribution in [2.45, 2.75) is 6.54 Å². The van der Waals surface area contributed by atoms with Gasteiger partial charge in [-0.2, -0.15) is 16.6 Å². The maximum Gasteiger partial charge on any atom is 0.295 e. The van der Waals surface area contributed by atoms with Gasteiger partial charge in [0, 0.05) is 32.7 Å². The van der Waals surface area contributed by atoms with E-state index in [1.807, 2.05) is 0 Å². The SMILES string of the molecule is O=C(c1nn[nH]n1)N1CCN(Cc2ccsc2)CC1. The summed E-state index contributed by atoms with van der Waals surface area (Å²) in [6.07, 6.45) is 0. The van der Waals surface area contributed by atoms with E-state index in [2.05, 4.69) is 42.4 Å². The Bertz CT molecular complexity index is 517. The van der Waals surface area contributed by atoms with Crippen LogP contribution < -0.4 is 0 Å². The van der Waals surface area contributed by atoms with Crippen molar-refractivity contribution in [2.24, 2.45) is 0 Å². The number of hydrogen-bond donors (Lipinski definition) is 1. The molecule has 0 atom stereocenters. The molecule has 1 aliphatic heterocycles. The zero-order valence-electron chi connectivity index (χ0n) is 10.3. The van der Waals surface area contributed by atoms with E-state index < -0.39 is 0 Å². The van der Waals surface area contributed by atoms with E-state index in [0.29, 0.717) is 13.1 Å². The van der Waals surface area contributed by atoms with Crippen LogP contribution in [0.2, 0.25) is 0 Å². The number of nitrogens with one attached hydrogen (secondary N) is 1. The molecular weight excluding hydrogens is 264 g/mol. The topological polar surface area (TPSA) is 78.0 Å². The highest BCUT2D eigenvalue weighted by molar-refractivity contribution is 7.07. The summed E-state index contributed by atoms with van der Waals surface area (Å²) in [6.45, 7) is 4.11. The van der Waals surface area contributed by atoms with Crippen LogP contribution in [0.25, 0.3) is 0 Å². The first-order valence-electron chi connectivity index (χ1n) is 6.09. The molecule has 1 saturated heterocycles. The summed E-state index contributed by atoms with van der Waals surface area (Å²) in [5.41, 5.74) is 1.34. The monoisotopic (exact) mass is 278 g/mol. The Labute approximate surface area is 114 Å². The average molecular weight is 278 g/mol. The van der Waals surface area contributed by atoms with Gasteiger partial charge in [0.1, 0.15) is 0 Å². The summed E-state index contributed by atoms with van der Waals surface area (Å²) in [7, 11) is 0. The molecule has 1 aliphatic rings. The maximum absolute atomic E-state index is 12.0. The number of thiophene rings is 1. The molecule has 2 aromatic heterocycles. The van der Waals surface area contributed by atoms with Crippen molar-refractivity contribution in [3.8, 4) is 0 Å². The summed E-state index contributed by atoms with van der Waals surface area (Å²) < 4.78 is 0. The summed E-state index contributed by atoms with van der Waals surface area (Å²) in [6, 6.07) is 2.14. The van der Waals surface area contributed by atoms with Crippen molar-refractivity contribution in [1.82, 2.24) is 30.4 Å². The van der Waals surface area contributed by atoms with Crippen LogP contribution in [0, 0.1) is 0 Å². The lowest BCUT2D eigenvalue weighted by Gasteiger charge is -2.33. The lowest BCUT2D eigenvalue weighted by atomic mass is 10.2. The first-order chi connectivity index (χ1) is 9.33. The largest absolute Gasteiger partial charge is 0.333 e. The van der Waals surface area contributed by atoms with Gasteiger partial charge in [0.15, 0.2) is 0 Å². The van der Waals surface area contributed by atoms with E-state index in [1.54, 1.807) is 16.2 Å². The zero-order chi connectivity index (χ0) is 13.1. The number of carbonyl (C=O) groups is 1. The lowest BCUT2D eigenvalue weighted by molar-refractivity contribution is 0.0616. The van der Waals surface area contributed by atoms with Gasteiger partial charge in [0.25, 0.3) is 11.7 Å². The highest BCUT2D eigenvalue weighted by Gasteiger charge is 2.24. The number of aromatic amines is 1. The predicted molar refractivity (Wildman–Crippen MR) is 69.7 cm³/mol. The van der Waals surface area contributed by atoms with Crippen molar-refractivity contribution in [1.29, 1.82) is 0 Å². The van der Waals surface area contributed by atoms with E-state index in [0.717, 1.165) is 19.6 Å². The van der Waals surface area contributed by atoms with Crippen LogP contribution in [-0.4, -0.2) is 62.5 Å². The van der Waals surface area contributed by atoms with Crippen LogP contribution in [-0.2, 0) is 6.54 Å². The second-order valence-corrected chi connectivity index (χ2v) is 5.22. The minimum Gasteiger partial charge on any atom is -0.333 e. The van der Waals surface area contributed by atoms with Gasteiger partial charge >= 0.3 is 0 Å². The molecule has 0 saturated carbocycles. The fourth-order valence-corrected chi connectivity index (χ4v) is 2.80. The first-order valence-corrected chi connectivity index (χ1v) is 7.03. The standard InChI is InChI=1S/C11H14N6OS/c18-11(10-12-14-15-13-10)17-4-2-16(3-5-17)7-9-1-6-19-8-9/h1,6,8H,2-5,7H2,(H,12,13,14,15). The molecule has 100 valence electrons. The lowest BCUT2D eigenvalue weighted by Crippen LogP contribution is -2.48. The fourth-order valence-electron chi connectivity index (χ4n) is 2.14. The second kappa shape index (κ2) is 5.45. The van der Waals surface area contributed by atoms with Gasteiger partial charge in [-0.15, -0.1) is 10.2 Å². The van der Waals surface area contributed by atoms with Crippen molar-refractivity contribution in [2.75, 3.05) is 26.2 Å². The number of rotatable bonds is 3. The van der Waals surface area contributed by atoms with E-state index >= 15 is 0 Å². The van der Waals surface area contributed by atoms with Gasteiger partial charge in [-0.1, -0.05) is 0 Å². The second-order valence-electron chi connectivity index (χ2n) is 4.44. The van der Waals surface area contributed by atoms with Crippen LogP contribution in [0.1, 0.15) is 16.2 Å². The maximum atomic E-state index is 12.0. The van der Waals surface area contributed by atoms with Gasteiger partial charge in [0.05, 0.1) is 0 Å². The number of amides is 1. The Morgan fingerprint density at radius 1 is 1.37 bits per heavy atom. The molecular formula is C11H14N6OS. The van der Waals surface area contributed by atoms with Gasteiger partial charge < -0.3 is 4.90 Å². The highest BCUT2D eigenvalue weighted by Crippen LogP contribution is 2.12. The van der Waals surface area contributed by atoms with E-state index in [9.17, 15) is 4.79 Å². The Morgan fingerprint density at radius 3 is 2.84 bits per heavy atom. The van der Waals surface area contributed by atoms with E-state index in [1.165, 1.54) is 5.56 Å². The third-order valence-electron chi connectivity index (χ3n) is 3.18. The smallest absolute Gasteiger partial charge is 0.295 e. The third-order valence-corrected chi connectivity index (χ3v) is 3.91. The zero-order valence-corrected chi connectivity index (χ0v) is 11.1. The molecule has 2 aromatic rings. The molecule has 0 spiro atoms. The first kappa shape index (κ1) is 12.2. The summed E-state index contributed by atoms with van der Waals surface area (Å²) in [5, 5.41) is 17.4. The summed E-state index contributed by atoms with van der Waals surface area (Å²) in [5.74, 6) is -0.00443. The molecule has 3 heterocycles. The minimum atomic E-state index is -0.149. The highest BCUT2D eigenvalue weighted by atomic mass is 32.1. The number of H-pyrrole nitrogens is 1. The van der Waals surface area contributed by atoms with Crippen molar-refractivity contribution in [3.63, 3.8) is 0 Å². The average Bonchev–Trinajstić information content (AvgIpc) is 3.12. The Hall–Kier alpha value is -1.80. The van der Waals surface area contributed by atoms with E-state index in [-0.39, 0.29) is 11.7 Å². The number of hydrogen-bond acceptors (Lipinski definition) is 6. The molecule has 1 fully saturated rings.